The molecule has 4 nitrogen and oxygen atoms in total. The van der Waals surface area contributed by atoms with Crippen molar-refractivity contribution >= 4 is 37.6 Å². The van der Waals surface area contributed by atoms with Crippen LogP contribution in [0.25, 0.3) is 0 Å². The van der Waals surface area contributed by atoms with Crippen LogP contribution in [0, 0.1) is 0 Å². The van der Waals surface area contributed by atoms with Gasteiger partial charge in [-0.25, -0.2) is 13.1 Å². The summed E-state index contributed by atoms with van der Waals surface area (Å²) in [5, 5.41) is 3.33. The predicted molar refractivity (Wildman–Crippen MR) is 72.9 cm³/mol. The Morgan fingerprint density at radius 3 is 2.65 bits per heavy atom. The highest BCUT2D eigenvalue weighted by molar-refractivity contribution is 9.10. The Morgan fingerprint density at radius 2 is 2.06 bits per heavy atom. The minimum Gasteiger partial charge on any atom is -0.320 e. The second-order valence-corrected chi connectivity index (χ2v) is 6.46. The zero-order valence-electron chi connectivity index (χ0n) is 9.33. The maximum atomic E-state index is 11.9. The van der Waals surface area contributed by atoms with Crippen molar-refractivity contribution in [2.45, 2.75) is 11.3 Å². The molecule has 7 heteroatoms. The predicted octanol–water partition coefficient (Wildman–Crippen LogP) is 1.99. The third-order valence-corrected chi connectivity index (χ3v) is 4.79. The Bertz CT molecular complexity index is 479. The molecule has 0 aliphatic rings. The maximum absolute atomic E-state index is 11.9. The number of hydrogen-bond acceptors (Lipinski definition) is 3. The molecule has 0 atom stereocenters. The minimum atomic E-state index is -3.46. The van der Waals surface area contributed by atoms with E-state index in [1.807, 2.05) is 7.05 Å². The third kappa shape index (κ3) is 4.56. The molecule has 0 spiro atoms. The lowest BCUT2D eigenvalue weighted by Gasteiger charge is -2.07. The summed E-state index contributed by atoms with van der Waals surface area (Å²) in [6.07, 6.45) is 0.736. The Morgan fingerprint density at radius 1 is 1.35 bits per heavy atom. The second-order valence-electron chi connectivity index (χ2n) is 3.43. The van der Waals surface area contributed by atoms with Crippen LogP contribution in [0.2, 0.25) is 5.02 Å². The van der Waals surface area contributed by atoms with E-state index >= 15 is 0 Å². The number of rotatable bonds is 6. The molecular weight excluding hydrogens is 328 g/mol. The second kappa shape index (κ2) is 6.70. The summed E-state index contributed by atoms with van der Waals surface area (Å²) in [6.45, 7) is 1.17. The first-order chi connectivity index (χ1) is 7.97. The molecule has 1 aromatic rings. The van der Waals surface area contributed by atoms with Crippen LogP contribution in [0.1, 0.15) is 6.42 Å². The van der Waals surface area contributed by atoms with E-state index in [-0.39, 0.29) is 4.90 Å². The Kier molecular flexibility index (Phi) is 5.88. The molecule has 2 N–H and O–H groups in total. The van der Waals surface area contributed by atoms with Crippen molar-refractivity contribution in [1.82, 2.24) is 10.0 Å². The van der Waals surface area contributed by atoms with Crippen LogP contribution in [-0.4, -0.2) is 28.6 Å². The van der Waals surface area contributed by atoms with Gasteiger partial charge in [-0.15, -0.1) is 0 Å². The standard InChI is InChI=1S/C10H14BrClN2O2S/c1-13-5-2-6-14-17(15,16)8-3-4-9(11)10(12)7-8/h3-4,7,13-14H,2,5-6H2,1H3. The van der Waals surface area contributed by atoms with Gasteiger partial charge in [-0.1, -0.05) is 11.6 Å². The van der Waals surface area contributed by atoms with E-state index in [1.165, 1.54) is 12.1 Å². The Hall–Kier alpha value is -0.140. The van der Waals surface area contributed by atoms with Crippen LogP contribution in [0.4, 0.5) is 0 Å². The average molecular weight is 342 g/mol. The number of nitrogens with one attached hydrogen (secondary N) is 2. The highest BCUT2D eigenvalue weighted by Crippen LogP contribution is 2.25. The van der Waals surface area contributed by atoms with E-state index < -0.39 is 10.0 Å². The molecule has 1 rings (SSSR count). The lowest BCUT2D eigenvalue weighted by molar-refractivity contribution is 0.577. The zero-order chi connectivity index (χ0) is 12.9. The van der Waals surface area contributed by atoms with E-state index in [0.717, 1.165) is 13.0 Å². The van der Waals surface area contributed by atoms with Gasteiger partial charge in [-0.3, -0.25) is 0 Å². The highest BCUT2D eigenvalue weighted by Gasteiger charge is 2.14. The quantitative estimate of drug-likeness (QED) is 0.778. The zero-order valence-corrected chi connectivity index (χ0v) is 12.5. The molecule has 0 unspecified atom stereocenters. The van der Waals surface area contributed by atoms with Crippen LogP contribution in [0.3, 0.4) is 0 Å². The first-order valence-corrected chi connectivity index (χ1v) is 7.72. The molecule has 0 saturated carbocycles. The molecule has 0 radical (unpaired) electrons. The molecule has 0 amide bonds. The average Bonchev–Trinajstić information content (AvgIpc) is 2.28. The van der Waals surface area contributed by atoms with Crippen LogP contribution >= 0.6 is 27.5 Å². The van der Waals surface area contributed by atoms with Crippen LogP contribution < -0.4 is 10.0 Å². The van der Waals surface area contributed by atoms with Gasteiger partial charge in [0, 0.05) is 11.0 Å². The van der Waals surface area contributed by atoms with Crippen molar-refractivity contribution in [2.75, 3.05) is 20.1 Å². The van der Waals surface area contributed by atoms with Crippen molar-refractivity contribution in [3.8, 4) is 0 Å². The van der Waals surface area contributed by atoms with E-state index in [0.29, 0.717) is 16.0 Å². The number of sulfonamides is 1. The molecule has 1 aromatic carbocycles. The highest BCUT2D eigenvalue weighted by atomic mass is 79.9. The summed E-state index contributed by atoms with van der Waals surface area (Å²) in [5.74, 6) is 0. The third-order valence-electron chi connectivity index (χ3n) is 2.10. The molecule has 0 saturated heterocycles. The largest absolute Gasteiger partial charge is 0.320 e. The van der Waals surface area contributed by atoms with Gasteiger partial charge < -0.3 is 5.32 Å². The monoisotopic (exact) mass is 340 g/mol. The molecule has 0 aliphatic heterocycles. The summed E-state index contributed by atoms with van der Waals surface area (Å²) in [7, 11) is -1.64. The first-order valence-electron chi connectivity index (χ1n) is 5.06. The van der Waals surface area contributed by atoms with Gasteiger partial charge in [-0.2, -0.15) is 0 Å². The van der Waals surface area contributed by atoms with Crippen LogP contribution in [-0.2, 0) is 10.0 Å². The van der Waals surface area contributed by atoms with Gasteiger partial charge >= 0.3 is 0 Å². The summed E-state index contributed by atoms with van der Waals surface area (Å²) in [5.41, 5.74) is 0. The van der Waals surface area contributed by atoms with E-state index in [1.54, 1.807) is 6.07 Å². The fourth-order valence-corrected chi connectivity index (χ4v) is 2.79. The topological polar surface area (TPSA) is 58.2 Å². The van der Waals surface area contributed by atoms with Gasteiger partial charge in [0.05, 0.1) is 9.92 Å². The summed E-state index contributed by atoms with van der Waals surface area (Å²) in [4.78, 5) is 0.176. The number of halogens is 2. The van der Waals surface area contributed by atoms with Crippen molar-refractivity contribution < 1.29 is 8.42 Å². The molecular formula is C10H14BrClN2O2S. The molecule has 0 aromatic heterocycles. The van der Waals surface area contributed by atoms with E-state index in [4.69, 9.17) is 11.6 Å². The van der Waals surface area contributed by atoms with E-state index in [9.17, 15) is 8.42 Å². The molecule has 96 valence electrons. The minimum absolute atomic E-state index is 0.176. The van der Waals surface area contributed by atoms with Gasteiger partial charge in [0.2, 0.25) is 10.0 Å². The number of benzene rings is 1. The normalized spacial score (nSPS) is 11.7. The summed E-state index contributed by atoms with van der Waals surface area (Å²) >= 11 is 9.07. The summed E-state index contributed by atoms with van der Waals surface area (Å²) < 4.78 is 26.9. The van der Waals surface area contributed by atoms with Gasteiger partial charge in [0.15, 0.2) is 0 Å². The van der Waals surface area contributed by atoms with Gasteiger partial charge in [0.1, 0.15) is 0 Å². The van der Waals surface area contributed by atoms with Crippen LogP contribution in [0.15, 0.2) is 27.6 Å². The fraction of sp³-hybridized carbons (Fsp3) is 0.400. The van der Waals surface area contributed by atoms with Crippen molar-refractivity contribution in [3.63, 3.8) is 0 Å². The molecule has 0 fully saturated rings. The molecule has 0 heterocycles. The SMILES string of the molecule is CNCCCNS(=O)(=O)c1ccc(Br)c(Cl)c1. The lowest BCUT2D eigenvalue weighted by Crippen LogP contribution is -2.26. The Balaban J connectivity index is 2.72. The van der Waals surface area contributed by atoms with E-state index in [2.05, 4.69) is 26.0 Å². The smallest absolute Gasteiger partial charge is 0.240 e. The van der Waals surface area contributed by atoms with Crippen LogP contribution in [0.5, 0.6) is 0 Å². The molecule has 17 heavy (non-hydrogen) atoms. The van der Waals surface area contributed by atoms with Crippen molar-refractivity contribution in [1.29, 1.82) is 0 Å². The van der Waals surface area contributed by atoms with Gasteiger partial charge in [-0.05, 0) is 54.1 Å². The lowest BCUT2D eigenvalue weighted by atomic mass is 10.4. The van der Waals surface area contributed by atoms with Crippen molar-refractivity contribution in [3.05, 3.63) is 27.7 Å². The first kappa shape index (κ1) is 14.9. The van der Waals surface area contributed by atoms with Crippen molar-refractivity contribution in [2.24, 2.45) is 0 Å². The number of hydrogen-bond donors (Lipinski definition) is 2. The molecule has 0 bridgehead atoms. The summed E-state index contributed by atoms with van der Waals surface area (Å²) in [6, 6.07) is 4.55. The molecule has 0 aliphatic carbocycles. The maximum Gasteiger partial charge on any atom is 0.240 e. The van der Waals surface area contributed by atoms with Gasteiger partial charge in [0.25, 0.3) is 0 Å². The fourth-order valence-electron chi connectivity index (χ4n) is 1.20. The Labute approximate surface area is 115 Å².